The number of nitrogens with zero attached hydrogens (tertiary/aromatic N) is 1. The zero-order valence-corrected chi connectivity index (χ0v) is 12.4. The highest BCUT2D eigenvalue weighted by atomic mass is 16.5. The Balaban J connectivity index is 1.99. The SMILES string of the molecule is CCCC(=O)c1ccc(NCc2cccnc2OC)cc1. The Morgan fingerprint density at radius 1 is 1.24 bits per heavy atom. The van der Waals surface area contributed by atoms with Crippen LogP contribution < -0.4 is 10.1 Å². The monoisotopic (exact) mass is 284 g/mol. The standard InChI is InChI=1S/C17H20N2O2/c1-3-5-16(20)13-7-9-15(10-8-13)19-12-14-6-4-11-18-17(14)21-2/h4,6-11,19H,3,5,12H2,1-2H3. The number of pyridine rings is 1. The van der Waals surface area contributed by atoms with Crippen LogP contribution in [0.3, 0.4) is 0 Å². The Labute approximate surface area is 125 Å². The zero-order chi connectivity index (χ0) is 15.1. The summed E-state index contributed by atoms with van der Waals surface area (Å²) in [5.41, 5.74) is 2.72. The van der Waals surface area contributed by atoms with E-state index in [1.807, 2.05) is 43.3 Å². The van der Waals surface area contributed by atoms with Crippen molar-refractivity contribution in [2.75, 3.05) is 12.4 Å². The van der Waals surface area contributed by atoms with Gasteiger partial charge in [-0.25, -0.2) is 4.98 Å². The second kappa shape index (κ2) is 7.43. The fraction of sp³-hybridized carbons (Fsp3) is 0.294. The number of ketones is 1. The summed E-state index contributed by atoms with van der Waals surface area (Å²) in [5.74, 6) is 0.817. The van der Waals surface area contributed by atoms with Crippen LogP contribution in [-0.2, 0) is 6.54 Å². The lowest BCUT2D eigenvalue weighted by Gasteiger charge is -2.10. The molecule has 0 bridgehead atoms. The molecule has 0 saturated heterocycles. The van der Waals surface area contributed by atoms with Gasteiger partial charge in [0.05, 0.1) is 7.11 Å². The van der Waals surface area contributed by atoms with Crippen LogP contribution in [-0.4, -0.2) is 17.9 Å². The largest absolute Gasteiger partial charge is 0.481 e. The van der Waals surface area contributed by atoms with Gasteiger partial charge in [-0.05, 0) is 36.8 Å². The van der Waals surface area contributed by atoms with E-state index < -0.39 is 0 Å². The number of hydrogen-bond donors (Lipinski definition) is 1. The number of aromatic nitrogens is 1. The van der Waals surface area contributed by atoms with Crippen molar-refractivity contribution in [2.45, 2.75) is 26.3 Å². The molecule has 2 rings (SSSR count). The van der Waals surface area contributed by atoms with Gasteiger partial charge in [0.2, 0.25) is 5.88 Å². The number of Topliss-reactive ketones (excluding diaryl/α,β-unsaturated/α-hetero) is 1. The van der Waals surface area contributed by atoms with E-state index in [4.69, 9.17) is 4.74 Å². The number of carbonyl (C=O) groups excluding carboxylic acids is 1. The van der Waals surface area contributed by atoms with Crippen LogP contribution >= 0.6 is 0 Å². The second-order valence-corrected chi connectivity index (χ2v) is 4.78. The van der Waals surface area contributed by atoms with Gasteiger partial charge < -0.3 is 10.1 Å². The second-order valence-electron chi connectivity index (χ2n) is 4.78. The lowest BCUT2D eigenvalue weighted by molar-refractivity contribution is 0.0982. The minimum Gasteiger partial charge on any atom is -0.481 e. The third-order valence-electron chi connectivity index (χ3n) is 3.21. The lowest BCUT2D eigenvalue weighted by atomic mass is 10.1. The summed E-state index contributed by atoms with van der Waals surface area (Å²) in [6.45, 7) is 2.63. The van der Waals surface area contributed by atoms with E-state index in [9.17, 15) is 4.79 Å². The van der Waals surface area contributed by atoms with Crippen LogP contribution in [0.1, 0.15) is 35.7 Å². The van der Waals surface area contributed by atoms with Crippen molar-refractivity contribution in [2.24, 2.45) is 0 Å². The summed E-state index contributed by atoms with van der Waals surface area (Å²) in [7, 11) is 1.61. The molecule has 0 saturated carbocycles. The Kier molecular flexibility index (Phi) is 5.32. The highest BCUT2D eigenvalue weighted by Gasteiger charge is 2.05. The molecule has 0 fully saturated rings. The molecule has 2 aromatic rings. The Morgan fingerprint density at radius 2 is 2.00 bits per heavy atom. The maximum atomic E-state index is 11.8. The number of nitrogens with one attached hydrogen (secondary N) is 1. The highest BCUT2D eigenvalue weighted by Crippen LogP contribution is 2.17. The highest BCUT2D eigenvalue weighted by molar-refractivity contribution is 5.96. The summed E-state index contributed by atoms with van der Waals surface area (Å²) in [6.07, 6.45) is 3.18. The van der Waals surface area contributed by atoms with Crippen molar-refractivity contribution in [1.29, 1.82) is 0 Å². The van der Waals surface area contributed by atoms with E-state index in [0.29, 0.717) is 18.8 Å². The van der Waals surface area contributed by atoms with Crippen LogP contribution in [0.5, 0.6) is 5.88 Å². The van der Waals surface area contributed by atoms with Gasteiger partial charge >= 0.3 is 0 Å². The van der Waals surface area contributed by atoms with Gasteiger partial charge in [-0.1, -0.05) is 13.0 Å². The quantitative estimate of drug-likeness (QED) is 0.788. The predicted octanol–water partition coefficient (Wildman–Crippen LogP) is 3.69. The van der Waals surface area contributed by atoms with Crippen LogP contribution in [0.2, 0.25) is 0 Å². The molecular weight excluding hydrogens is 264 g/mol. The van der Waals surface area contributed by atoms with Gasteiger partial charge in [0.25, 0.3) is 0 Å². The van der Waals surface area contributed by atoms with E-state index >= 15 is 0 Å². The topological polar surface area (TPSA) is 51.2 Å². The van der Waals surface area contributed by atoms with Gasteiger partial charge in [0.1, 0.15) is 0 Å². The average molecular weight is 284 g/mol. The number of ether oxygens (including phenoxy) is 1. The number of methoxy groups -OCH3 is 1. The fourth-order valence-electron chi connectivity index (χ4n) is 2.09. The molecule has 110 valence electrons. The molecule has 1 aromatic heterocycles. The van der Waals surface area contributed by atoms with E-state index in [0.717, 1.165) is 23.2 Å². The Morgan fingerprint density at radius 3 is 2.67 bits per heavy atom. The third kappa shape index (κ3) is 4.05. The van der Waals surface area contributed by atoms with Crippen molar-refractivity contribution in [3.05, 3.63) is 53.7 Å². The molecule has 1 N–H and O–H groups in total. The predicted molar refractivity (Wildman–Crippen MR) is 83.8 cm³/mol. The summed E-state index contributed by atoms with van der Waals surface area (Å²) in [4.78, 5) is 15.9. The first-order valence-corrected chi connectivity index (χ1v) is 7.09. The summed E-state index contributed by atoms with van der Waals surface area (Å²) in [6, 6.07) is 11.4. The molecular formula is C17H20N2O2. The smallest absolute Gasteiger partial charge is 0.218 e. The van der Waals surface area contributed by atoms with E-state index in [1.54, 1.807) is 13.3 Å². The summed E-state index contributed by atoms with van der Waals surface area (Å²) < 4.78 is 5.22. The number of anilines is 1. The molecule has 4 heteroatoms. The molecule has 0 aliphatic heterocycles. The molecule has 0 spiro atoms. The van der Waals surface area contributed by atoms with Crippen molar-refractivity contribution >= 4 is 11.5 Å². The van der Waals surface area contributed by atoms with E-state index in [1.165, 1.54) is 0 Å². The average Bonchev–Trinajstić information content (AvgIpc) is 2.54. The first kappa shape index (κ1) is 15.0. The van der Waals surface area contributed by atoms with Crippen LogP contribution in [0.25, 0.3) is 0 Å². The fourth-order valence-corrected chi connectivity index (χ4v) is 2.09. The first-order valence-electron chi connectivity index (χ1n) is 7.09. The van der Waals surface area contributed by atoms with Crippen LogP contribution in [0.4, 0.5) is 5.69 Å². The number of rotatable bonds is 7. The van der Waals surface area contributed by atoms with Gasteiger partial charge in [-0.3, -0.25) is 4.79 Å². The van der Waals surface area contributed by atoms with Crippen LogP contribution in [0, 0.1) is 0 Å². The maximum Gasteiger partial charge on any atom is 0.218 e. The number of carbonyl (C=O) groups is 1. The van der Waals surface area contributed by atoms with Crippen molar-refractivity contribution < 1.29 is 9.53 Å². The zero-order valence-electron chi connectivity index (χ0n) is 12.4. The number of hydrogen-bond acceptors (Lipinski definition) is 4. The van der Waals surface area contributed by atoms with Crippen molar-refractivity contribution in [1.82, 2.24) is 4.98 Å². The summed E-state index contributed by atoms with van der Waals surface area (Å²) >= 11 is 0. The summed E-state index contributed by atoms with van der Waals surface area (Å²) in [5, 5.41) is 3.30. The number of benzene rings is 1. The van der Waals surface area contributed by atoms with Crippen molar-refractivity contribution in [3.8, 4) is 5.88 Å². The third-order valence-corrected chi connectivity index (χ3v) is 3.21. The first-order chi connectivity index (χ1) is 10.2. The molecule has 0 unspecified atom stereocenters. The molecule has 0 aliphatic carbocycles. The Bertz CT molecular complexity index is 594. The molecule has 0 aliphatic rings. The molecule has 1 heterocycles. The van der Waals surface area contributed by atoms with Crippen molar-refractivity contribution in [3.63, 3.8) is 0 Å². The van der Waals surface area contributed by atoms with Gasteiger partial charge in [0, 0.05) is 36.0 Å². The van der Waals surface area contributed by atoms with E-state index in [-0.39, 0.29) is 5.78 Å². The molecule has 0 atom stereocenters. The van der Waals surface area contributed by atoms with Gasteiger partial charge in [-0.2, -0.15) is 0 Å². The Hall–Kier alpha value is -2.36. The minimum absolute atomic E-state index is 0.193. The molecule has 0 amide bonds. The normalized spacial score (nSPS) is 10.2. The van der Waals surface area contributed by atoms with Gasteiger partial charge in [0.15, 0.2) is 5.78 Å². The van der Waals surface area contributed by atoms with Crippen LogP contribution in [0.15, 0.2) is 42.6 Å². The molecule has 4 nitrogen and oxygen atoms in total. The lowest BCUT2D eigenvalue weighted by Crippen LogP contribution is -2.03. The molecule has 0 radical (unpaired) electrons. The minimum atomic E-state index is 0.193. The maximum absolute atomic E-state index is 11.8. The molecule has 1 aromatic carbocycles. The van der Waals surface area contributed by atoms with Gasteiger partial charge in [-0.15, -0.1) is 0 Å². The van der Waals surface area contributed by atoms with E-state index in [2.05, 4.69) is 10.3 Å². The molecule has 21 heavy (non-hydrogen) atoms.